The zero-order chi connectivity index (χ0) is 17.1. The van der Waals surface area contributed by atoms with Gasteiger partial charge in [-0.1, -0.05) is 0 Å². The van der Waals surface area contributed by atoms with E-state index in [9.17, 15) is 17.4 Å². The lowest BCUT2D eigenvalue weighted by molar-refractivity contribution is -0.137. The first kappa shape index (κ1) is 18.0. The lowest BCUT2D eigenvalue weighted by Gasteiger charge is -2.12. The molecule has 0 N–H and O–H groups in total. The van der Waals surface area contributed by atoms with Crippen molar-refractivity contribution in [2.24, 2.45) is 9.36 Å². The van der Waals surface area contributed by atoms with Crippen LogP contribution in [-0.2, 0) is 15.9 Å². The van der Waals surface area contributed by atoms with Gasteiger partial charge in [0.1, 0.15) is 6.07 Å². The minimum absolute atomic E-state index is 0.132. The Morgan fingerprint density at radius 1 is 1.32 bits per heavy atom. The molecule has 0 spiro atoms. The van der Waals surface area contributed by atoms with Crippen LogP contribution in [0, 0.1) is 11.3 Å². The van der Waals surface area contributed by atoms with Gasteiger partial charge in [0, 0.05) is 36.3 Å². The number of benzene rings is 1. The Balaban J connectivity index is 3.71. The molecule has 0 fully saturated rings. The maximum absolute atomic E-state index is 13.1. The summed E-state index contributed by atoms with van der Waals surface area (Å²) in [5.41, 5.74) is -2.05. The molecule has 0 saturated heterocycles. The smallest absolute Gasteiger partial charge is 0.369 e. The van der Waals surface area contributed by atoms with Crippen molar-refractivity contribution in [3.8, 4) is 6.07 Å². The number of hydrogen-bond acceptors (Lipinski definition) is 4. The summed E-state index contributed by atoms with van der Waals surface area (Å²) in [6.07, 6.45) is -0.848. The number of aliphatic imine (C=N–C) groups is 1. The highest BCUT2D eigenvalue weighted by atomic mass is 32.2. The van der Waals surface area contributed by atoms with Crippen LogP contribution in [0.15, 0.2) is 21.5 Å². The Hall–Kier alpha value is -2.08. The van der Waals surface area contributed by atoms with E-state index in [-0.39, 0.29) is 11.4 Å². The van der Waals surface area contributed by atoms with Gasteiger partial charge in [-0.25, -0.2) is 9.20 Å². The van der Waals surface area contributed by atoms with E-state index in [1.54, 1.807) is 14.1 Å². The van der Waals surface area contributed by atoms with Gasteiger partial charge in [0.05, 0.1) is 28.8 Å². The molecular weight excluding hydrogens is 317 g/mol. The molecule has 0 amide bonds. The fourth-order valence-electron chi connectivity index (χ4n) is 1.54. The van der Waals surface area contributed by atoms with Gasteiger partial charge in [0.2, 0.25) is 0 Å². The zero-order valence-electron chi connectivity index (χ0n) is 12.5. The molecule has 9 heteroatoms. The minimum Gasteiger partial charge on any atom is -0.369 e. The van der Waals surface area contributed by atoms with Crippen LogP contribution in [0.2, 0.25) is 0 Å². The Labute approximate surface area is 127 Å². The summed E-state index contributed by atoms with van der Waals surface area (Å²) >= 11 is 0. The fraction of sp³-hybridized carbons (Fsp3) is 0.385. The van der Waals surface area contributed by atoms with E-state index in [0.29, 0.717) is 6.07 Å². The first-order chi connectivity index (χ1) is 9.94. The van der Waals surface area contributed by atoms with Crippen molar-refractivity contribution in [3.05, 3.63) is 23.3 Å². The molecule has 1 rings (SSSR count). The minimum atomic E-state index is -4.73. The number of nitriles is 1. The summed E-state index contributed by atoms with van der Waals surface area (Å²) in [5.74, 6) is 0. The molecule has 0 aliphatic rings. The normalized spacial score (nSPS) is 12.3. The number of rotatable bonds is 3. The van der Waals surface area contributed by atoms with Crippen molar-refractivity contribution < 1.29 is 17.4 Å². The molecular formula is C13H15F3N4OS. The van der Waals surface area contributed by atoms with Gasteiger partial charge in [-0.05, 0) is 12.1 Å². The van der Waals surface area contributed by atoms with Crippen LogP contribution in [0.5, 0.6) is 0 Å². The van der Waals surface area contributed by atoms with Crippen molar-refractivity contribution in [1.82, 2.24) is 4.90 Å². The lowest BCUT2D eigenvalue weighted by atomic mass is 10.0. The average molecular weight is 332 g/mol. The monoisotopic (exact) mass is 332 g/mol. The first-order valence-electron chi connectivity index (χ1n) is 5.97. The van der Waals surface area contributed by atoms with Crippen LogP contribution in [-0.4, -0.2) is 42.1 Å². The van der Waals surface area contributed by atoms with Crippen LogP contribution in [0.1, 0.15) is 11.1 Å². The molecule has 22 heavy (non-hydrogen) atoms. The molecule has 0 heterocycles. The molecule has 0 atom stereocenters. The third kappa shape index (κ3) is 5.04. The van der Waals surface area contributed by atoms with Crippen molar-refractivity contribution in [2.45, 2.75) is 6.18 Å². The Morgan fingerprint density at radius 2 is 1.91 bits per heavy atom. The lowest BCUT2D eigenvalue weighted by Crippen LogP contribution is -2.09. The largest absolute Gasteiger partial charge is 0.417 e. The third-order valence-electron chi connectivity index (χ3n) is 2.27. The number of alkyl halides is 3. The molecule has 5 nitrogen and oxygen atoms in total. The second kappa shape index (κ2) is 6.36. The van der Waals surface area contributed by atoms with Crippen molar-refractivity contribution >= 4 is 27.4 Å². The van der Waals surface area contributed by atoms with E-state index in [1.165, 1.54) is 35.9 Å². The topological polar surface area (TPSA) is 68.8 Å². The van der Waals surface area contributed by atoms with Crippen LogP contribution in [0.3, 0.4) is 0 Å². The van der Waals surface area contributed by atoms with Gasteiger partial charge in [0.15, 0.2) is 0 Å². The molecule has 0 radical (unpaired) electrons. The van der Waals surface area contributed by atoms with E-state index < -0.39 is 27.0 Å². The van der Waals surface area contributed by atoms with E-state index in [0.717, 1.165) is 0 Å². The molecule has 0 aliphatic heterocycles. The molecule has 0 aromatic heterocycles. The van der Waals surface area contributed by atoms with Crippen molar-refractivity contribution in [2.75, 3.05) is 26.6 Å². The van der Waals surface area contributed by atoms with Gasteiger partial charge in [-0.3, -0.25) is 0 Å². The van der Waals surface area contributed by atoms with Crippen LogP contribution >= 0.6 is 0 Å². The van der Waals surface area contributed by atoms with Crippen LogP contribution in [0.4, 0.5) is 24.5 Å². The molecule has 0 unspecified atom stereocenters. The highest BCUT2D eigenvalue weighted by Gasteiger charge is 2.35. The summed E-state index contributed by atoms with van der Waals surface area (Å²) in [6.45, 7) is 0. The van der Waals surface area contributed by atoms with E-state index in [4.69, 9.17) is 5.26 Å². The Bertz CT molecular complexity index is 746. The molecule has 120 valence electrons. The summed E-state index contributed by atoms with van der Waals surface area (Å²) in [6, 6.07) is 3.44. The number of nitrogens with zero attached hydrogens (tertiary/aromatic N) is 4. The molecule has 0 saturated carbocycles. The Morgan fingerprint density at radius 3 is 2.32 bits per heavy atom. The van der Waals surface area contributed by atoms with Gasteiger partial charge < -0.3 is 4.90 Å². The summed E-state index contributed by atoms with van der Waals surface area (Å²) in [4.78, 5) is 5.38. The van der Waals surface area contributed by atoms with Gasteiger partial charge in [-0.2, -0.15) is 22.8 Å². The summed E-state index contributed by atoms with van der Waals surface area (Å²) < 4.78 is 54.8. The molecule has 1 aromatic rings. The quantitative estimate of drug-likeness (QED) is 0.631. The maximum Gasteiger partial charge on any atom is 0.417 e. The predicted octanol–water partition coefficient (Wildman–Crippen LogP) is 3.16. The van der Waals surface area contributed by atoms with E-state index in [2.05, 4.69) is 9.36 Å². The van der Waals surface area contributed by atoms with E-state index in [1.807, 2.05) is 0 Å². The van der Waals surface area contributed by atoms with Crippen molar-refractivity contribution in [3.63, 3.8) is 0 Å². The third-order valence-corrected chi connectivity index (χ3v) is 2.92. The van der Waals surface area contributed by atoms with Crippen LogP contribution in [0.25, 0.3) is 0 Å². The number of halogens is 3. The Kier molecular flexibility index (Phi) is 5.19. The standard InChI is InChI=1S/C13H15F3N4OS/c1-20(2)8-18-12-6-9(19-22(3,4)21)5-11(10(12)7-17)13(14,15)16/h5-6,8H,1-4H3/b18-8+. The SMILES string of the molecule is CN(C)/C=N/c1cc(N=S(C)(C)=O)cc(C(F)(F)F)c1C#N. The predicted molar refractivity (Wildman–Crippen MR) is 80.1 cm³/mol. The molecule has 0 bridgehead atoms. The van der Waals surface area contributed by atoms with Gasteiger partial charge in [0.25, 0.3) is 0 Å². The highest BCUT2D eigenvalue weighted by Crippen LogP contribution is 2.39. The van der Waals surface area contributed by atoms with Gasteiger partial charge in [-0.15, -0.1) is 0 Å². The maximum atomic E-state index is 13.1. The summed E-state index contributed by atoms with van der Waals surface area (Å²) in [7, 11) is 0.632. The second-order valence-corrected chi connectivity index (χ2v) is 7.52. The second-order valence-electron chi connectivity index (χ2n) is 4.98. The average Bonchev–Trinajstić information content (AvgIpc) is 2.32. The zero-order valence-corrected chi connectivity index (χ0v) is 13.3. The molecule has 1 aromatic carbocycles. The summed E-state index contributed by atoms with van der Waals surface area (Å²) in [5, 5.41) is 9.03. The number of hydrogen-bond donors (Lipinski definition) is 0. The molecule has 0 aliphatic carbocycles. The van der Waals surface area contributed by atoms with E-state index >= 15 is 0 Å². The van der Waals surface area contributed by atoms with Gasteiger partial charge >= 0.3 is 6.18 Å². The first-order valence-corrected chi connectivity index (χ1v) is 8.30. The van der Waals surface area contributed by atoms with Crippen LogP contribution < -0.4 is 0 Å². The van der Waals surface area contributed by atoms with Crippen molar-refractivity contribution in [1.29, 1.82) is 5.26 Å². The highest BCUT2D eigenvalue weighted by molar-refractivity contribution is 7.92. The fourth-order valence-corrected chi connectivity index (χ4v) is 2.15.